The third-order valence-corrected chi connectivity index (χ3v) is 1.12. The summed E-state index contributed by atoms with van der Waals surface area (Å²) in [6.07, 6.45) is 0. The predicted octanol–water partition coefficient (Wildman–Crippen LogP) is 0.955. The summed E-state index contributed by atoms with van der Waals surface area (Å²) in [5.41, 5.74) is 0. The zero-order valence-corrected chi connectivity index (χ0v) is 6.26. The minimum atomic E-state index is 0.247. The van der Waals surface area contributed by atoms with E-state index in [-0.39, 0.29) is 5.88 Å². The van der Waals surface area contributed by atoms with Gasteiger partial charge in [0.05, 0.1) is 0 Å². The van der Waals surface area contributed by atoms with Gasteiger partial charge in [0.15, 0.2) is 0 Å². The molecule has 0 radical (unpaired) electrons. The lowest BCUT2D eigenvalue weighted by Gasteiger charge is -1.87. The number of nitrogens with zero attached hydrogens (tertiary/aromatic N) is 2. The fraction of sp³-hybridized carbons (Fsp3) is 0.600. The smallest absolute Gasteiger partial charge is 0.242 e. The summed E-state index contributed by atoms with van der Waals surface area (Å²) in [5, 5.41) is 7.28. The van der Waals surface area contributed by atoms with Crippen molar-refractivity contribution >= 4 is 11.6 Å². The summed E-state index contributed by atoms with van der Waals surface area (Å²) in [7, 11) is 1.56. The largest absolute Gasteiger partial charge is 0.421 e. The highest BCUT2D eigenvalue weighted by atomic mass is 35.5. The Bertz CT molecular complexity index is 201. The molecule has 0 unspecified atom stereocenters. The molecule has 5 heteroatoms. The first-order chi connectivity index (χ1) is 4.86. The van der Waals surface area contributed by atoms with Gasteiger partial charge in [-0.25, -0.2) is 0 Å². The van der Waals surface area contributed by atoms with E-state index in [1.165, 1.54) is 0 Å². The van der Waals surface area contributed by atoms with Crippen molar-refractivity contribution in [1.82, 2.24) is 10.2 Å². The first-order valence-electron chi connectivity index (χ1n) is 2.73. The maximum Gasteiger partial charge on any atom is 0.242 e. The minimum absolute atomic E-state index is 0.247. The average molecular weight is 163 g/mol. The SMILES string of the molecule is COCc1nnc(CCl)o1. The number of rotatable bonds is 3. The van der Waals surface area contributed by atoms with E-state index in [9.17, 15) is 0 Å². The molecule has 0 saturated heterocycles. The fourth-order valence-corrected chi connectivity index (χ4v) is 0.632. The molecular formula is C5H7ClN2O2. The summed E-state index contributed by atoms with van der Waals surface area (Å²) in [4.78, 5) is 0. The van der Waals surface area contributed by atoms with Crippen molar-refractivity contribution in [1.29, 1.82) is 0 Å². The van der Waals surface area contributed by atoms with Crippen LogP contribution >= 0.6 is 11.6 Å². The van der Waals surface area contributed by atoms with Crippen LogP contribution in [-0.2, 0) is 17.2 Å². The molecule has 10 heavy (non-hydrogen) atoms. The van der Waals surface area contributed by atoms with E-state index in [4.69, 9.17) is 20.8 Å². The Hall–Kier alpha value is -0.610. The molecule has 1 aromatic rings. The number of hydrogen-bond acceptors (Lipinski definition) is 4. The van der Waals surface area contributed by atoms with Gasteiger partial charge in [0.1, 0.15) is 12.5 Å². The molecule has 0 bridgehead atoms. The van der Waals surface area contributed by atoms with Crippen LogP contribution in [0.4, 0.5) is 0 Å². The van der Waals surface area contributed by atoms with Crippen LogP contribution in [0, 0.1) is 0 Å². The highest BCUT2D eigenvalue weighted by Gasteiger charge is 2.02. The molecular weight excluding hydrogens is 156 g/mol. The Morgan fingerprint density at radius 2 is 2.20 bits per heavy atom. The predicted molar refractivity (Wildman–Crippen MR) is 34.6 cm³/mol. The topological polar surface area (TPSA) is 48.2 Å². The van der Waals surface area contributed by atoms with Crippen LogP contribution in [0.5, 0.6) is 0 Å². The molecule has 0 N–H and O–H groups in total. The Morgan fingerprint density at radius 3 is 2.70 bits per heavy atom. The van der Waals surface area contributed by atoms with Crippen LogP contribution in [0.1, 0.15) is 11.8 Å². The Kier molecular flexibility index (Phi) is 2.65. The van der Waals surface area contributed by atoms with Crippen LogP contribution in [-0.4, -0.2) is 17.3 Å². The van der Waals surface area contributed by atoms with Crippen molar-refractivity contribution in [3.05, 3.63) is 11.8 Å². The van der Waals surface area contributed by atoms with Crippen molar-refractivity contribution in [3.63, 3.8) is 0 Å². The zero-order valence-electron chi connectivity index (χ0n) is 5.50. The van der Waals surface area contributed by atoms with Crippen molar-refractivity contribution < 1.29 is 9.15 Å². The van der Waals surface area contributed by atoms with Crippen molar-refractivity contribution in [2.75, 3.05) is 7.11 Å². The molecule has 1 aromatic heterocycles. The van der Waals surface area contributed by atoms with Gasteiger partial charge in [-0.1, -0.05) is 0 Å². The van der Waals surface area contributed by atoms with E-state index in [2.05, 4.69) is 10.2 Å². The van der Waals surface area contributed by atoms with E-state index < -0.39 is 0 Å². The summed E-state index contributed by atoms with van der Waals surface area (Å²) in [6.45, 7) is 0.337. The quantitative estimate of drug-likeness (QED) is 0.621. The molecule has 1 heterocycles. The van der Waals surface area contributed by atoms with Crippen molar-refractivity contribution in [2.24, 2.45) is 0 Å². The van der Waals surface area contributed by atoms with Gasteiger partial charge in [-0.3, -0.25) is 0 Å². The van der Waals surface area contributed by atoms with Crippen LogP contribution in [0.2, 0.25) is 0 Å². The van der Waals surface area contributed by atoms with Gasteiger partial charge in [-0.2, -0.15) is 0 Å². The third-order valence-electron chi connectivity index (χ3n) is 0.891. The van der Waals surface area contributed by atoms with Crippen molar-refractivity contribution in [2.45, 2.75) is 12.5 Å². The molecule has 56 valence electrons. The molecule has 0 spiro atoms. The fourth-order valence-electron chi connectivity index (χ4n) is 0.524. The third kappa shape index (κ3) is 1.68. The lowest BCUT2D eigenvalue weighted by atomic mass is 10.7. The van der Waals surface area contributed by atoms with Gasteiger partial charge in [0.2, 0.25) is 11.8 Å². The van der Waals surface area contributed by atoms with E-state index in [1.54, 1.807) is 7.11 Å². The lowest BCUT2D eigenvalue weighted by Crippen LogP contribution is -1.85. The normalized spacial score (nSPS) is 10.2. The van der Waals surface area contributed by atoms with E-state index in [0.717, 1.165) is 0 Å². The monoisotopic (exact) mass is 162 g/mol. The van der Waals surface area contributed by atoms with Crippen LogP contribution in [0.15, 0.2) is 4.42 Å². The van der Waals surface area contributed by atoms with Crippen LogP contribution in [0.25, 0.3) is 0 Å². The molecule has 4 nitrogen and oxygen atoms in total. The Morgan fingerprint density at radius 1 is 1.50 bits per heavy atom. The first-order valence-corrected chi connectivity index (χ1v) is 3.26. The number of halogens is 1. The highest BCUT2D eigenvalue weighted by molar-refractivity contribution is 6.16. The Labute approximate surface area is 63.1 Å². The number of hydrogen-bond donors (Lipinski definition) is 0. The number of ether oxygens (including phenoxy) is 1. The molecule has 0 amide bonds. The molecule has 0 atom stereocenters. The van der Waals surface area contributed by atoms with E-state index in [0.29, 0.717) is 18.4 Å². The molecule has 0 aliphatic rings. The molecule has 0 fully saturated rings. The lowest BCUT2D eigenvalue weighted by molar-refractivity contribution is 0.158. The highest BCUT2D eigenvalue weighted by Crippen LogP contribution is 2.02. The van der Waals surface area contributed by atoms with Gasteiger partial charge >= 0.3 is 0 Å². The molecule has 1 rings (SSSR count). The maximum absolute atomic E-state index is 5.40. The zero-order chi connectivity index (χ0) is 7.40. The molecule has 0 aliphatic heterocycles. The second-order valence-corrected chi connectivity index (χ2v) is 1.92. The van der Waals surface area contributed by atoms with E-state index in [1.807, 2.05) is 0 Å². The Balaban J connectivity index is 2.59. The van der Waals surface area contributed by atoms with Crippen LogP contribution in [0.3, 0.4) is 0 Å². The molecule has 0 aliphatic carbocycles. The average Bonchev–Trinajstić information content (AvgIpc) is 2.37. The summed E-state index contributed by atoms with van der Waals surface area (Å²) in [5.74, 6) is 1.13. The second kappa shape index (κ2) is 3.53. The van der Waals surface area contributed by atoms with Gasteiger partial charge < -0.3 is 9.15 Å². The summed E-state index contributed by atoms with van der Waals surface area (Å²) in [6, 6.07) is 0. The van der Waals surface area contributed by atoms with Gasteiger partial charge in [-0.05, 0) is 0 Å². The maximum atomic E-state index is 5.40. The van der Waals surface area contributed by atoms with Crippen molar-refractivity contribution in [3.8, 4) is 0 Å². The molecule has 0 saturated carbocycles. The summed E-state index contributed by atoms with van der Waals surface area (Å²) >= 11 is 5.40. The minimum Gasteiger partial charge on any atom is -0.421 e. The molecule has 0 aromatic carbocycles. The number of methoxy groups -OCH3 is 1. The van der Waals surface area contributed by atoms with Gasteiger partial charge in [-0.15, -0.1) is 21.8 Å². The van der Waals surface area contributed by atoms with Gasteiger partial charge in [0.25, 0.3) is 0 Å². The van der Waals surface area contributed by atoms with Gasteiger partial charge in [0, 0.05) is 7.11 Å². The van der Waals surface area contributed by atoms with Crippen LogP contribution < -0.4 is 0 Å². The number of aromatic nitrogens is 2. The second-order valence-electron chi connectivity index (χ2n) is 1.66. The number of alkyl halides is 1. The van der Waals surface area contributed by atoms with E-state index >= 15 is 0 Å². The first kappa shape index (κ1) is 7.50. The standard InChI is InChI=1S/C5H7ClN2O2/c1-9-3-5-8-7-4(2-6)10-5/h2-3H2,1H3. The summed E-state index contributed by atoms with van der Waals surface area (Å²) < 4.78 is 9.74.